The number of amides is 1. The number of thiophene rings is 1. The van der Waals surface area contributed by atoms with Crippen LogP contribution in [0.3, 0.4) is 0 Å². The van der Waals surface area contributed by atoms with Gasteiger partial charge in [0.1, 0.15) is 0 Å². The number of rotatable bonds is 6. The lowest BCUT2D eigenvalue weighted by molar-refractivity contribution is -0.143. The Morgan fingerprint density at radius 2 is 2.15 bits per heavy atom. The Kier molecular flexibility index (Phi) is 6.36. The van der Waals surface area contributed by atoms with Crippen LogP contribution in [0.2, 0.25) is 0 Å². The summed E-state index contributed by atoms with van der Waals surface area (Å²) >= 11 is 3.01. The van der Waals surface area contributed by atoms with Crippen molar-refractivity contribution in [2.24, 2.45) is 4.99 Å². The molecule has 0 aliphatic rings. The summed E-state index contributed by atoms with van der Waals surface area (Å²) in [5.41, 5.74) is 2.10. The van der Waals surface area contributed by atoms with Crippen LogP contribution in [0.4, 0.5) is 0 Å². The molecule has 5 nitrogen and oxygen atoms in total. The summed E-state index contributed by atoms with van der Waals surface area (Å²) in [4.78, 5) is 29.9. The van der Waals surface area contributed by atoms with Gasteiger partial charge in [-0.25, -0.2) is 0 Å². The monoisotopic (exact) mass is 400 g/mol. The van der Waals surface area contributed by atoms with Crippen LogP contribution >= 0.6 is 22.7 Å². The molecular weight excluding hydrogens is 380 g/mol. The summed E-state index contributed by atoms with van der Waals surface area (Å²) in [6.45, 7) is 4.58. The van der Waals surface area contributed by atoms with E-state index in [0.717, 1.165) is 20.7 Å². The summed E-state index contributed by atoms with van der Waals surface area (Å²) < 4.78 is 7.96. The highest BCUT2D eigenvalue weighted by Crippen LogP contribution is 2.19. The van der Waals surface area contributed by atoms with Gasteiger partial charge in [-0.2, -0.15) is 4.99 Å². The van der Waals surface area contributed by atoms with Crippen molar-refractivity contribution in [3.8, 4) is 0 Å². The van der Waals surface area contributed by atoms with Crippen LogP contribution in [0.15, 0.2) is 46.8 Å². The third-order valence-corrected chi connectivity index (χ3v) is 5.70. The molecule has 0 saturated heterocycles. The molecule has 3 rings (SSSR count). The summed E-state index contributed by atoms with van der Waals surface area (Å²) in [6, 6.07) is 9.95. The number of esters is 1. The second kappa shape index (κ2) is 8.92. The lowest BCUT2D eigenvalue weighted by Gasteiger charge is -2.05. The van der Waals surface area contributed by atoms with E-state index in [1.165, 1.54) is 17.4 Å². The van der Waals surface area contributed by atoms with E-state index in [1.54, 1.807) is 24.3 Å². The first-order valence-electron chi connectivity index (χ1n) is 8.62. The lowest BCUT2D eigenvalue weighted by atomic mass is 10.2. The Bertz CT molecular complexity index is 1040. The van der Waals surface area contributed by atoms with Crippen LogP contribution in [0.25, 0.3) is 16.3 Å². The van der Waals surface area contributed by atoms with Crippen molar-refractivity contribution in [2.75, 3.05) is 6.61 Å². The molecule has 27 heavy (non-hydrogen) atoms. The second-order valence-corrected chi connectivity index (χ2v) is 7.85. The number of nitrogens with zero attached hydrogens (tertiary/aromatic N) is 2. The van der Waals surface area contributed by atoms with Crippen LogP contribution in [-0.4, -0.2) is 23.1 Å². The maximum atomic E-state index is 12.3. The average molecular weight is 401 g/mol. The minimum atomic E-state index is -0.323. The first kappa shape index (κ1) is 19.3. The molecule has 0 unspecified atom stereocenters. The smallest absolute Gasteiger partial charge is 0.307 e. The van der Waals surface area contributed by atoms with Crippen LogP contribution in [0.5, 0.6) is 0 Å². The molecule has 3 aromatic rings. The number of benzene rings is 1. The molecule has 140 valence electrons. The van der Waals surface area contributed by atoms with Crippen LogP contribution < -0.4 is 4.80 Å². The standard InChI is InChI=1S/C20H20N2O3S2/c1-3-25-19(24)10-11-22-16-8-6-14(2)13-17(16)27-20(22)21-18(23)9-7-15-5-4-12-26-15/h4-9,12-13H,3,10-11H2,1-2H3/b9-7+,21-20?. The number of aromatic nitrogens is 1. The number of carbonyl (C=O) groups is 2. The molecule has 1 amide bonds. The molecule has 0 aliphatic carbocycles. The van der Waals surface area contributed by atoms with E-state index in [4.69, 9.17) is 4.74 Å². The van der Waals surface area contributed by atoms with E-state index in [0.29, 0.717) is 18.0 Å². The Balaban J connectivity index is 1.93. The highest BCUT2D eigenvalue weighted by molar-refractivity contribution is 7.16. The summed E-state index contributed by atoms with van der Waals surface area (Å²) in [5, 5.41) is 1.96. The second-order valence-electron chi connectivity index (χ2n) is 5.86. The van der Waals surface area contributed by atoms with Gasteiger partial charge in [0.2, 0.25) is 0 Å². The van der Waals surface area contributed by atoms with E-state index >= 15 is 0 Å². The molecule has 0 fully saturated rings. The van der Waals surface area contributed by atoms with Crippen molar-refractivity contribution in [3.05, 3.63) is 57.0 Å². The zero-order valence-electron chi connectivity index (χ0n) is 15.2. The van der Waals surface area contributed by atoms with Crippen molar-refractivity contribution in [3.63, 3.8) is 0 Å². The molecule has 0 N–H and O–H groups in total. The molecule has 0 radical (unpaired) electrons. The van der Waals surface area contributed by atoms with Gasteiger partial charge in [-0.1, -0.05) is 23.5 Å². The SMILES string of the molecule is CCOC(=O)CCn1c(=NC(=O)/C=C/c2cccs2)sc2cc(C)ccc21. The number of ether oxygens (including phenoxy) is 1. The number of aryl methyl sites for hydroxylation is 2. The summed E-state index contributed by atoms with van der Waals surface area (Å²) in [7, 11) is 0. The molecule has 0 bridgehead atoms. The minimum absolute atomic E-state index is 0.236. The quantitative estimate of drug-likeness (QED) is 0.461. The molecule has 0 saturated carbocycles. The van der Waals surface area contributed by atoms with Gasteiger partial charge in [0.05, 0.1) is 23.2 Å². The number of fused-ring (bicyclic) bond motifs is 1. The molecule has 7 heteroatoms. The Morgan fingerprint density at radius 1 is 1.30 bits per heavy atom. The van der Waals surface area contributed by atoms with Crippen LogP contribution in [-0.2, 0) is 20.9 Å². The first-order chi connectivity index (χ1) is 13.1. The largest absolute Gasteiger partial charge is 0.466 e. The Morgan fingerprint density at radius 3 is 2.89 bits per heavy atom. The van der Waals surface area contributed by atoms with E-state index in [-0.39, 0.29) is 18.3 Å². The van der Waals surface area contributed by atoms with Crippen LogP contribution in [0, 0.1) is 6.92 Å². The molecule has 2 heterocycles. The van der Waals surface area contributed by atoms with Crippen molar-refractivity contribution < 1.29 is 14.3 Å². The van der Waals surface area contributed by atoms with Gasteiger partial charge in [0, 0.05) is 17.5 Å². The molecule has 0 aliphatic heterocycles. The molecule has 0 spiro atoms. The first-order valence-corrected chi connectivity index (χ1v) is 10.3. The molecular formula is C20H20N2O3S2. The third-order valence-electron chi connectivity index (χ3n) is 3.82. The van der Waals surface area contributed by atoms with Gasteiger partial charge in [0.15, 0.2) is 4.80 Å². The fourth-order valence-electron chi connectivity index (χ4n) is 2.59. The van der Waals surface area contributed by atoms with Gasteiger partial charge in [-0.3, -0.25) is 9.59 Å². The van der Waals surface area contributed by atoms with Gasteiger partial charge < -0.3 is 9.30 Å². The van der Waals surface area contributed by atoms with E-state index in [2.05, 4.69) is 11.1 Å². The van der Waals surface area contributed by atoms with Gasteiger partial charge in [-0.05, 0) is 49.1 Å². The van der Waals surface area contributed by atoms with Crippen molar-refractivity contribution in [1.82, 2.24) is 4.57 Å². The molecule has 2 aromatic heterocycles. The minimum Gasteiger partial charge on any atom is -0.466 e. The third kappa shape index (κ3) is 5.02. The van der Waals surface area contributed by atoms with Crippen molar-refractivity contribution in [2.45, 2.75) is 26.8 Å². The fourth-order valence-corrected chi connectivity index (χ4v) is 4.37. The molecule has 1 aromatic carbocycles. The summed E-state index contributed by atoms with van der Waals surface area (Å²) in [5.74, 6) is -0.581. The van der Waals surface area contributed by atoms with Gasteiger partial charge in [-0.15, -0.1) is 11.3 Å². The summed E-state index contributed by atoms with van der Waals surface area (Å²) in [6.07, 6.45) is 3.47. The lowest BCUT2D eigenvalue weighted by Crippen LogP contribution is -2.19. The Labute approximate surface area is 165 Å². The zero-order chi connectivity index (χ0) is 19.2. The van der Waals surface area contributed by atoms with E-state index in [9.17, 15) is 9.59 Å². The number of hydrogen-bond acceptors (Lipinski definition) is 5. The topological polar surface area (TPSA) is 60.7 Å². The normalized spacial score (nSPS) is 12.1. The number of thiazole rings is 1. The van der Waals surface area contributed by atoms with E-state index < -0.39 is 0 Å². The van der Waals surface area contributed by atoms with Crippen molar-refractivity contribution >= 4 is 50.8 Å². The number of carbonyl (C=O) groups excluding carboxylic acids is 2. The highest BCUT2D eigenvalue weighted by Gasteiger charge is 2.10. The predicted octanol–water partition coefficient (Wildman–Crippen LogP) is 4.17. The van der Waals surface area contributed by atoms with Crippen LogP contribution in [0.1, 0.15) is 23.8 Å². The Hall–Kier alpha value is -2.51. The van der Waals surface area contributed by atoms with E-state index in [1.807, 2.05) is 41.1 Å². The predicted molar refractivity (Wildman–Crippen MR) is 110 cm³/mol. The maximum absolute atomic E-state index is 12.3. The van der Waals surface area contributed by atoms with Gasteiger partial charge in [0.25, 0.3) is 5.91 Å². The average Bonchev–Trinajstić information content (AvgIpc) is 3.25. The molecule has 0 atom stereocenters. The van der Waals surface area contributed by atoms with Gasteiger partial charge >= 0.3 is 5.97 Å². The zero-order valence-corrected chi connectivity index (χ0v) is 16.8. The fraction of sp³-hybridized carbons (Fsp3) is 0.250. The highest BCUT2D eigenvalue weighted by atomic mass is 32.1. The number of hydrogen-bond donors (Lipinski definition) is 0. The maximum Gasteiger partial charge on any atom is 0.307 e. The van der Waals surface area contributed by atoms with Crippen molar-refractivity contribution in [1.29, 1.82) is 0 Å².